The summed E-state index contributed by atoms with van der Waals surface area (Å²) in [6.45, 7) is 2.97. The largest absolute Gasteiger partial charge is 0.326 e. The Morgan fingerprint density at radius 3 is 2.57 bits per heavy atom. The van der Waals surface area contributed by atoms with E-state index in [2.05, 4.69) is 20.0 Å². The van der Waals surface area contributed by atoms with Crippen LogP contribution in [0.2, 0.25) is 0 Å². The molecule has 0 aliphatic carbocycles. The van der Waals surface area contributed by atoms with E-state index in [1.807, 2.05) is 30.3 Å². The van der Waals surface area contributed by atoms with Crippen LogP contribution < -0.4 is 4.90 Å². The van der Waals surface area contributed by atoms with Gasteiger partial charge in [-0.15, -0.1) is 11.3 Å². The fourth-order valence-electron chi connectivity index (χ4n) is 2.50. The van der Waals surface area contributed by atoms with E-state index in [0.29, 0.717) is 0 Å². The van der Waals surface area contributed by atoms with Crippen molar-refractivity contribution in [3.8, 4) is 0 Å². The lowest BCUT2D eigenvalue weighted by Crippen LogP contribution is -3.07. The Morgan fingerprint density at radius 2 is 1.91 bits per heavy atom. The Morgan fingerprint density at radius 1 is 1.22 bits per heavy atom. The highest BCUT2D eigenvalue weighted by Gasteiger charge is 2.20. The first-order valence-corrected chi connectivity index (χ1v) is 8.27. The summed E-state index contributed by atoms with van der Waals surface area (Å²) in [5.41, 5.74) is 2.26. The number of para-hydroxylation sites is 1. The van der Waals surface area contributed by atoms with E-state index >= 15 is 0 Å². The molecule has 6 heteroatoms. The average Bonchev–Trinajstić information content (AvgIpc) is 2.98. The molecule has 0 bridgehead atoms. The van der Waals surface area contributed by atoms with Gasteiger partial charge in [0.2, 0.25) is 0 Å². The molecule has 3 aromatic rings. The predicted octanol–water partition coefficient (Wildman–Crippen LogP) is 2.98. The number of aromatic nitrogens is 1. The van der Waals surface area contributed by atoms with Crippen LogP contribution in [0.15, 0.2) is 48.5 Å². The second-order valence-electron chi connectivity index (χ2n) is 5.69. The quantitative estimate of drug-likeness (QED) is 0.578. The van der Waals surface area contributed by atoms with E-state index in [-0.39, 0.29) is 16.7 Å². The predicted molar refractivity (Wildman–Crippen MR) is 91.7 cm³/mol. The zero-order valence-corrected chi connectivity index (χ0v) is 13.8. The standard InChI is InChI=1S/C17H17N3O2S/c1-12(17-18-15-5-3-4-6-16(15)23-17)19(2)11-13-7-9-14(10-8-13)20(21)22/h3-10,12H,11H2,1-2H3/p+1/t12-/m1/s1. The molecule has 0 aliphatic heterocycles. The van der Waals surface area contributed by atoms with Gasteiger partial charge in [0.1, 0.15) is 12.6 Å². The van der Waals surface area contributed by atoms with E-state index in [4.69, 9.17) is 4.98 Å². The maximum Gasteiger partial charge on any atom is 0.269 e. The number of hydrogen-bond donors (Lipinski definition) is 1. The van der Waals surface area contributed by atoms with Crippen LogP contribution in [0.3, 0.4) is 0 Å². The zero-order chi connectivity index (χ0) is 16.4. The summed E-state index contributed by atoms with van der Waals surface area (Å²) in [5, 5.41) is 11.8. The van der Waals surface area contributed by atoms with E-state index in [1.54, 1.807) is 23.5 Å². The molecule has 118 valence electrons. The van der Waals surface area contributed by atoms with Gasteiger partial charge in [-0.3, -0.25) is 10.1 Å². The lowest BCUT2D eigenvalue weighted by molar-refractivity contribution is -0.923. The van der Waals surface area contributed by atoms with Crippen molar-refractivity contribution in [2.75, 3.05) is 7.05 Å². The van der Waals surface area contributed by atoms with Gasteiger partial charge in [-0.2, -0.15) is 0 Å². The van der Waals surface area contributed by atoms with Crippen molar-refractivity contribution < 1.29 is 9.82 Å². The molecule has 3 rings (SSSR count). The summed E-state index contributed by atoms with van der Waals surface area (Å²) >= 11 is 1.73. The van der Waals surface area contributed by atoms with E-state index < -0.39 is 0 Å². The highest BCUT2D eigenvalue weighted by atomic mass is 32.1. The molecular formula is C17H18N3O2S+. The van der Waals surface area contributed by atoms with Crippen molar-refractivity contribution in [2.24, 2.45) is 0 Å². The summed E-state index contributed by atoms with van der Waals surface area (Å²) in [4.78, 5) is 16.4. The molecule has 1 aromatic heterocycles. The molecule has 0 spiro atoms. The van der Waals surface area contributed by atoms with Gasteiger partial charge in [0.25, 0.3) is 5.69 Å². The summed E-state index contributed by atoms with van der Waals surface area (Å²) in [6.07, 6.45) is 0. The second-order valence-corrected chi connectivity index (χ2v) is 6.75. The molecule has 0 amide bonds. The first-order valence-electron chi connectivity index (χ1n) is 7.45. The Hall–Kier alpha value is -2.31. The van der Waals surface area contributed by atoms with Crippen molar-refractivity contribution in [2.45, 2.75) is 19.5 Å². The van der Waals surface area contributed by atoms with E-state index in [9.17, 15) is 10.1 Å². The van der Waals surface area contributed by atoms with Crippen LogP contribution in [-0.2, 0) is 6.54 Å². The number of nitro groups is 1. The summed E-state index contributed by atoms with van der Waals surface area (Å²) in [5.74, 6) is 0. The van der Waals surface area contributed by atoms with Gasteiger partial charge in [0.15, 0.2) is 5.01 Å². The average molecular weight is 328 g/mol. The van der Waals surface area contributed by atoms with Gasteiger partial charge in [0.05, 0.1) is 22.2 Å². The van der Waals surface area contributed by atoms with Gasteiger partial charge in [-0.05, 0) is 31.2 Å². The SMILES string of the molecule is C[C@H](c1nc2ccccc2s1)[NH+](C)Cc1ccc([N+](=O)[O-])cc1. The van der Waals surface area contributed by atoms with E-state index in [1.165, 1.54) is 9.60 Å². The molecule has 1 N–H and O–H groups in total. The van der Waals surface area contributed by atoms with Gasteiger partial charge >= 0.3 is 0 Å². The van der Waals surface area contributed by atoms with Crippen LogP contribution in [-0.4, -0.2) is 17.0 Å². The van der Waals surface area contributed by atoms with Gasteiger partial charge in [-0.25, -0.2) is 4.98 Å². The first-order chi connectivity index (χ1) is 11.0. The summed E-state index contributed by atoms with van der Waals surface area (Å²) < 4.78 is 1.21. The molecule has 0 saturated carbocycles. The van der Waals surface area contributed by atoms with Crippen molar-refractivity contribution in [1.82, 2.24) is 4.98 Å². The van der Waals surface area contributed by atoms with Crippen LogP contribution in [0.5, 0.6) is 0 Å². The Kier molecular flexibility index (Phi) is 4.36. The number of non-ortho nitro benzene ring substituents is 1. The van der Waals surface area contributed by atoms with Crippen LogP contribution in [0, 0.1) is 10.1 Å². The molecule has 0 saturated heterocycles. The first kappa shape index (κ1) is 15.6. The molecule has 2 atom stereocenters. The topological polar surface area (TPSA) is 60.5 Å². The summed E-state index contributed by atoms with van der Waals surface area (Å²) in [6, 6.07) is 15.2. The lowest BCUT2D eigenvalue weighted by atomic mass is 10.2. The molecule has 1 unspecified atom stereocenters. The van der Waals surface area contributed by atoms with Crippen LogP contribution >= 0.6 is 11.3 Å². The fraction of sp³-hybridized carbons (Fsp3) is 0.235. The van der Waals surface area contributed by atoms with Gasteiger partial charge in [-0.1, -0.05) is 12.1 Å². The number of hydrogen-bond acceptors (Lipinski definition) is 4. The number of benzene rings is 2. The number of nitro benzene ring substituents is 1. The second kappa shape index (κ2) is 6.44. The molecule has 5 nitrogen and oxygen atoms in total. The zero-order valence-electron chi connectivity index (χ0n) is 13.0. The number of quaternary nitrogens is 1. The van der Waals surface area contributed by atoms with Crippen molar-refractivity contribution in [3.05, 3.63) is 69.2 Å². The highest BCUT2D eigenvalue weighted by Crippen LogP contribution is 2.24. The van der Waals surface area contributed by atoms with Crippen LogP contribution in [0.4, 0.5) is 5.69 Å². The highest BCUT2D eigenvalue weighted by molar-refractivity contribution is 7.18. The third-order valence-electron chi connectivity index (χ3n) is 4.05. The number of rotatable bonds is 5. The molecule has 0 radical (unpaired) electrons. The molecular weight excluding hydrogens is 310 g/mol. The molecule has 0 fully saturated rings. The van der Waals surface area contributed by atoms with Gasteiger partial charge < -0.3 is 4.90 Å². The minimum absolute atomic E-state index is 0.130. The third kappa shape index (κ3) is 3.38. The monoisotopic (exact) mass is 328 g/mol. The minimum atomic E-state index is -0.371. The fourth-order valence-corrected chi connectivity index (χ4v) is 3.61. The third-order valence-corrected chi connectivity index (χ3v) is 5.27. The summed E-state index contributed by atoms with van der Waals surface area (Å²) in [7, 11) is 2.12. The Bertz CT molecular complexity index is 796. The Labute approximate surface area is 138 Å². The normalized spacial score (nSPS) is 13.8. The maximum absolute atomic E-state index is 10.7. The Balaban J connectivity index is 1.73. The maximum atomic E-state index is 10.7. The molecule has 0 aliphatic rings. The number of thiazole rings is 1. The smallest absolute Gasteiger partial charge is 0.269 e. The molecule has 1 heterocycles. The number of nitrogens with zero attached hydrogens (tertiary/aromatic N) is 2. The number of nitrogens with one attached hydrogen (secondary N) is 1. The number of fused-ring (bicyclic) bond motifs is 1. The van der Waals surface area contributed by atoms with Crippen LogP contribution in [0.1, 0.15) is 23.5 Å². The van der Waals surface area contributed by atoms with Crippen LogP contribution in [0.25, 0.3) is 10.2 Å². The minimum Gasteiger partial charge on any atom is -0.326 e. The van der Waals surface area contributed by atoms with Crippen molar-refractivity contribution >= 4 is 27.2 Å². The van der Waals surface area contributed by atoms with E-state index in [0.717, 1.165) is 22.6 Å². The van der Waals surface area contributed by atoms with Gasteiger partial charge in [0, 0.05) is 17.7 Å². The van der Waals surface area contributed by atoms with Crippen molar-refractivity contribution in [3.63, 3.8) is 0 Å². The van der Waals surface area contributed by atoms with Crippen molar-refractivity contribution in [1.29, 1.82) is 0 Å². The molecule has 23 heavy (non-hydrogen) atoms. The molecule has 2 aromatic carbocycles. The lowest BCUT2D eigenvalue weighted by Gasteiger charge is -2.19.